The molecular weight excluding hydrogens is 274 g/mol. The predicted molar refractivity (Wildman–Crippen MR) is 74.6 cm³/mol. The van der Waals surface area contributed by atoms with E-state index < -0.39 is 0 Å². The number of rotatable bonds is 2. The Kier molecular flexibility index (Phi) is 3.43. The highest BCUT2D eigenvalue weighted by molar-refractivity contribution is 7.08. The number of hydrogen-bond donors (Lipinski definition) is 1. The Balaban J connectivity index is 1.83. The first kappa shape index (κ1) is 13.1. The number of nitrogens with one attached hydrogen (secondary N) is 1. The zero-order valence-corrected chi connectivity index (χ0v) is 12.2. The second-order valence-electron chi connectivity index (χ2n) is 4.92. The Labute approximate surface area is 120 Å². The first-order valence-electron chi connectivity index (χ1n) is 6.57. The first-order chi connectivity index (χ1) is 9.65. The normalized spacial score (nSPS) is 17.6. The van der Waals surface area contributed by atoms with Crippen molar-refractivity contribution in [1.29, 1.82) is 0 Å². The van der Waals surface area contributed by atoms with Crippen LogP contribution in [0.2, 0.25) is 0 Å². The number of aryl methyl sites for hydroxylation is 3. The molecule has 1 atom stereocenters. The molecule has 0 saturated heterocycles. The van der Waals surface area contributed by atoms with E-state index in [4.69, 9.17) is 0 Å². The predicted octanol–water partition coefficient (Wildman–Crippen LogP) is 1.75. The van der Waals surface area contributed by atoms with Gasteiger partial charge in [0.2, 0.25) is 0 Å². The van der Waals surface area contributed by atoms with Crippen LogP contribution in [0.5, 0.6) is 0 Å². The lowest BCUT2D eigenvalue weighted by molar-refractivity contribution is 0.0936. The minimum atomic E-state index is -0.115. The third kappa shape index (κ3) is 2.40. The van der Waals surface area contributed by atoms with E-state index in [1.165, 1.54) is 0 Å². The van der Waals surface area contributed by atoms with E-state index in [1.807, 2.05) is 13.1 Å². The van der Waals surface area contributed by atoms with Gasteiger partial charge in [-0.3, -0.25) is 4.79 Å². The molecule has 1 N–H and O–H groups in total. The average molecular weight is 289 g/mol. The van der Waals surface area contributed by atoms with E-state index in [-0.39, 0.29) is 11.9 Å². The Morgan fingerprint density at radius 3 is 3.05 bits per heavy atom. The summed E-state index contributed by atoms with van der Waals surface area (Å²) in [5.74, 6) is 0.661. The lowest BCUT2D eigenvalue weighted by Gasteiger charge is -2.25. The zero-order valence-electron chi connectivity index (χ0n) is 11.4. The molecule has 0 aromatic carbocycles. The molecular formula is C13H15N5OS. The molecule has 2 aromatic heterocycles. The van der Waals surface area contributed by atoms with Crippen molar-refractivity contribution in [2.45, 2.75) is 39.2 Å². The van der Waals surface area contributed by atoms with E-state index in [1.54, 1.807) is 6.92 Å². The maximum atomic E-state index is 12.3. The molecule has 6 nitrogen and oxygen atoms in total. The summed E-state index contributed by atoms with van der Waals surface area (Å²) in [7, 11) is 0. The summed E-state index contributed by atoms with van der Waals surface area (Å²) >= 11 is 1.13. The summed E-state index contributed by atoms with van der Waals surface area (Å²) in [4.78, 5) is 21.5. The summed E-state index contributed by atoms with van der Waals surface area (Å²) in [6.07, 6.45) is 4.72. The van der Waals surface area contributed by atoms with E-state index in [0.29, 0.717) is 10.6 Å². The standard InChI is InChI=1S/C13H15N5OS/c1-7-12(20-18-17-7)13(19)16-11-5-3-4-10-9(11)6-14-8(2)15-10/h6,11H,3-5H2,1-2H3,(H,16,19)/t11-/m0/s1. The molecule has 20 heavy (non-hydrogen) atoms. The minimum Gasteiger partial charge on any atom is -0.344 e. The summed E-state index contributed by atoms with van der Waals surface area (Å²) in [6.45, 7) is 3.68. The van der Waals surface area contributed by atoms with Crippen LogP contribution in [0.3, 0.4) is 0 Å². The fraction of sp³-hybridized carbons (Fsp3) is 0.462. The maximum Gasteiger partial charge on any atom is 0.265 e. The molecule has 0 bridgehead atoms. The third-order valence-corrected chi connectivity index (χ3v) is 4.29. The number of nitrogens with zero attached hydrogens (tertiary/aromatic N) is 4. The molecule has 0 unspecified atom stereocenters. The van der Waals surface area contributed by atoms with Crippen molar-refractivity contribution in [1.82, 2.24) is 24.9 Å². The number of carbonyl (C=O) groups is 1. The largest absolute Gasteiger partial charge is 0.344 e. The highest BCUT2D eigenvalue weighted by Crippen LogP contribution is 2.28. The van der Waals surface area contributed by atoms with Gasteiger partial charge in [0.25, 0.3) is 5.91 Å². The fourth-order valence-electron chi connectivity index (χ4n) is 2.46. The molecule has 3 rings (SSSR count). The van der Waals surface area contributed by atoms with Crippen molar-refractivity contribution < 1.29 is 4.79 Å². The van der Waals surface area contributed by atoms with Crippen LogP contribution in [-0.2, 0) is 6.42 Å². The maximum absolute atomic E-state index is 12.3. The van der Waals surface area contributed by atoms with Crippen molar-refractivity contribution in [3.63, 3.8) is 0 Å². The Hall–Kier alpha value is -1.89. The Bertz CT molecular complexity index is 654. The van der Waals surface area contributed by atoms with Crippen LogP contribution in [0.4, 0.5) is 0 Å². The van der Waals surface area contributed by atoms with Crippen LogP contribution in [-0.4, -0.2) is 25.5 Å². The van der Waals surface area contributed by atoms with Gasteiger partial charge in [-0.05, 0) is 44.6 Å². The van der Waals surface area contributed by atoms with Crippen molar-refractivity contribution in [3.05, 3.63) is 33.8 Å². The Morgan fingerprint density at radius 2 is 2.30 bits per heavy atom. The summed E-state index contributed by atoms with van der Waals surface area (Å²) < 4.78 is 3.80. The number of aromatic nitrogens is 4. The van der Waals surface area contributed by atoms with E-state index in [2.05, 4.69) is 24.9 Å². The molecule has 2 aromatic rings. The molecule has 0 spiro atoms. The van der Waals surface area contributed by atoms with Gasteiger partial charge in [0, 0.05) is 17.5 Å². The fourth-order valence-corrected chi connectivity index (χ4v) is 3.02. The summed E-state index contributed by atoms with van der Waals surface area (Å²) in [5, 5.41) is 6.92. The molecule has 2 heterocycles. The lowest BCUT2D eigenvalue weighted by atomic mass is 9.92. The van der Waals surface area contributed by atoms with Crippen LogP contribution in [0.25, 0.3) is 0 Å². The zero-order chi connectivity index (χ0) is 14.1. The van der Waals surface area contributed by atoms with Crippen LogP contribution >= 0.6 is 11.5 Å². The molecule has 1 aliphatic rings. The van der Waals surface area contributed by atoms with Gasteiger partial charge < -0.3 is 5.32 Å². The summed E-state index contributed by atoms with van der Waals surface area (Å²) in [6, 6.07) is -0.0200. The van der Waals surface area contributed by atoms with Gasteiger partial charge in [-0.2, -0.15) is 0 Å². The Morgan fingerprint density at radius 1 is 1.45 bits per heavy atom. The van der Waals surface area contributed by atoms with E-state index in [9.17, 15) is 4.79 Å². The van der Waals surface area contributed by atoms with Crippen LogP contribution in [0, 0.1) is 13.8 Å². The molecule has 7 heteroatoms. The van der Waals surface area contributed by atoms with Gasteiger partial charge in [-0.15, -0.1) is 5.10 Å². The number of carbonyl (C=O) groups excluding carboxylic acids is 1. The van der Waals surface area contributed by atoms with Crippen LogP contribution in [0.1, 0.15) is 51.3 Å². The van der Waals surface area contributed by atoms with Crippen molar-refractivity contribution >= 4 is 17.4 Å². The number of hydrogen-bond acceptors (Lipinski definition) is 6. The average Bonchev–Trinajstić information content (AvgIpc) is 2.85. The van der Waals surface area contributed by atoms with Gasteiger partial charge >= 0.3 is 0 Å². The van der Waals surface area contributed by atoms with Crippen LogP contribution in [0.15, 0.2) is 6.20 Å². The molecule has 104 valence electrons. The highest BCUT2D eigenvalue weighted by atomic mass is 32.1. The van der Waals surface area contributed by atoms with Crippen molar-refractivity contribution in [2.75, 3.05) is 0 Å². The van der Waals surface area contributed by atoms with Gasteiger partial charge in [0.05, 0.1) is 11.7 Å². The monoisotopic (exact) mass is 289 g/mol. The van der Waals surface area contributed by atoms with E-state index >= 15 is 0 Å². The lowest BCUT2D eigenvalue weighted by Crippen LogP contribution is -2.31. The van der Waals surface area contributed by atoms with Crippen molar-refractivity contribution in [3.8, 4) is 0 Å². The number of fused-ring (bicyclic) bond motifs is 1. The summed E-state index contributed by atoms with van der Waals surface area (Å²) in [5.41, 5.74) is 2.75. The van der Waals surface area contributed by atoms with Gasteiger partial charge in [-0.1, -0.05) is 4.49 Å². The molecule has 0 fully saturated rings. The molecule has 0 aliphatic heterocycles. The number of amides is 1. The minimum absolute atomic E-state index is 0.0200. The first-order valence-corrected chi connectivity index (χ1v) is 7.34. The third-order valence-electron chi connectivity index (χ3n) is 3.47. The second kappa shape index (κ2) is 5.24. The second-order valence-corrected chi connectivity index (χ2v) is 5.68. The molecule has 0 saturated carbocycles. The highest BCUT2D eigenvalue weighted by Gasteiger charge is 2.25. The topological polar surface area (TPSA) is 80.7 Å². The van der Waals surface area contributed by atoms with Crippen LogP contribution < -0.4 is 5.32 Å². The van der Waals surface area contributed by atoms with Gasteiger partial charge in [-0.25, -0.2) is 9.97 Å². The van der Waals surface area contributed by atoms with E-state index in [0.717, 1.165) is 47.9 Å². The quantitative estimate of drug-likeness (QED) is 0.911. The SMILES string of the molecule is Cc1ncc2c(n1)CCC[C@@H]2NC(=O)c1snnc1C. The van der Waals surface area contributed by atoms with Gasteiger partial charge in [0.15, 0.2) is 0 Å². The molecule has 1 aliphatic carbocycles. The molecule has 0 radical (unpaired) electrons. The van der Waals surface area contributed by atoms with Gasteiger partial charge in [0.1, 0.15) is 10.7 Å². The van der Waals surface area contributed by atoms with Crippen molar-refractivity contribution in [2.24, 2.45) is 0 Å². The smallest absolute Gasteiger partial charge is 0.265 e. The molecule has 1 amide bonds.